The summed E-state index contributed by atoms with van der Waals surface area (Å²) >= 11 is 0. The third-order valence-corrected chi connectivity index (χ3v) is 2.50. The summed E-state index contributed by atoms with van der Waals surface area (Å²) in [6.45, 7) is 4.02. The quantitative estimate of drug-likeness (QED) is 0.820. The van der Waals surface area contributed by atoms with Crippen LogP contribution in [0, 0.1) is 6.92 Å². The molecule has 2 aromatic rings. The van der Waals surface area contributed by atoms with Gasteiger partial charge in [-0.05, 0) is 6.92 Å². The maximum atomic E-state index is 5.52. The summed E-state index contributed by atoms with van der Waals surface area (Å²) in [6, 6.07) is 1.75. The highest BCUT2D eigenvalue weighted by Gasteiger charge is 2.23. The van der Waals surface area contributed by atoms with Gasteiger partial charge in [-0.25, -0.2) is 0 Å². The second-order valence-electron chi connectivity index (χ2n) is 3.85. The minimum Gasteiger partial charge on any atom is -0.367 e. The number of hydrogen-bond donors (Lipinski definition) is 1. The molecule has 0 aromatic carbocycles. The first-order valence-electron chi connectivity index (χ1n) is 5.42. The Morgan fingerprint density at radius 2 is 2.29 bits per heavy atom. The highest BCUT2D eigenvalue weighted by molar-refractivity contribution is 5.43. The Labute approximate surface area is 97.1 Å². The van der Waals surface area contributed by atoms with E-state index in [-0.39, 0.29) is 6.10 Å². The predicted molar refractivity (Wildman–Crippen MR) is 56.1 cm³/mol. The summed E-state index contributed by atoms with van der Waals surface area (Å²) in [4.78, 5) is 4.24. The van der Waals surface area contributed by atoms with Crippen LogP contribution in [0.3, 0.4) is 0 Å². The third kappa shape index (κ3) is 2.06. The zero-order chi connectivity index (χ0) is 11.7. The van der Waals surface area contributed by atoms with E-state index in [0.717, 1.165) is 12.2 Å². The number of ether oxygens (including phenoxy) is 1. The number of nitrogens with one attached hydrogen (secondary N) is 1. The molecule has 7 nitrogen and oxygen atoms in total. The van der Waals surface area contributed by atoms with E-state index in [1.165, 1.54) is 0 Å². The molecule has 0 spiro atoms. The molecule has 1 unspecified atom stereocenters. The molecule has 0 bridgehead atoms. The smallest absolute Gasteiger partial charge is 0.296 e. The average Bonchev–Trinajstić information content (AvgIpc) is 2.98. The minimum absolute atomic E-state index is 0.162. The lowest BCUT2D eigenvalue weighted by molar-refractivity contribution is 0.0208. The normalized spacial score (nSPS) is 20.6. The SMILES string of the molecule is Cc1cc(-c2nc(C3CNCCO3)no2)on1. The molecule has 1 fully saturated rings. The Morgan fingerprint density at radius 1 is 1.35 bits per heavy atom. The van der Waals surface area contributed by atoms with Crippen molar-refractivity contribution in [1.29, 1.82) is 0 Å². The molecular weight excluding hydrogens is 224 g/mol. The van der Waals surface area contributed by atoms with Crippen LogP contribution in [0.1, 0.15) is 17.6 Å². The second-order valence-corrected chi connectivity index (χ2v) is 3.85. The van der Waals surface area contributed by atoms with E-state index in [1.807, 2.05) is 6.92 Å². The molecule has 0 saturated carbocycles. The molecule has 1 aliphatic rings. The van der Waals surface area contributed by atoms with Crippen molar-refractivity contribution in [2.45, 2.75) is 13.0 Å². The minimum atomic E-state index is -0.162. The highest BCUT2D eigenvalue weighted by Crippen LogP contribution is 2.21. The van der Waals surface area contributed by atoms with Crippen molar-refractivity contribution in [2.75, 3.05) is 19.7 Å². The number of aromatic nitrogens is 3. The van der Waals surface area contributed by atoms with Gasteiger partial charge in [0.15, 0.2) is 0 Å². The Bertz CT molecular complexity index is 501. The van der Waals surface area contributed by atoms with Gasteiger partial charge in [-0.15, -0.1) is 0 Å². The zero-order valence-electron chi connectivity index (χ0n) is 9.34. The van der Waals surface area contributed by atoms with E-state index in [1.54, 1.807) is 6.07 Å². The molecule has 1 N–H and O–H groups in total. The molecule has 1 atom stereocenters. The zero-order valence-corrected chi connectivity index (χ0v) is 9.34. The van der Waals surface area contributed by atoms with E-state index in [2.05, 4.69) is 20.6 Å². The van der Waals surface area contributed by atoms with Crippen LogP contribution in [0.5, 0.6) is 0 Å². The molecule has 0 aliphatic carbocycles. The number of aryl methyl sites for hydroxylation is 1. The summed E-state index contributed by atoms with van der Waals surface area (Å²) in [5.41, 5.74) is 0.773. The number of rotatable bonds is 2. The summed E-state index contributed by atoms with van der Waals surface area (Å²) < 4.78 is 15.7. The predicted octanol–water partition coefficient (Wildman–Crippen LogP) is 0.694. The Morgan fingerprint density at radius 3 is 3.00 bits per heavy atom. The van der Waals surface area contributed by atoms with E-state index < -0.39 is 0 Å². The molecule has 0 amide bonds. The first-order valence-corrected chi connectivity index (χ1v) is 5.42. The third-order valence-electron chi connectivity index (χ3n) is 2.50. The molecule has 1 saturated heterocycles. The lowest BCUT2D eigenvalue weighted by Gasteiger charge is -2.20. The number of hydrogen-bond acceptors (Lipinski definition) is 7. The van der Waals surface area contributed by atoms with Gasteiger partial charge in [0.05, 0.1) is 12.3 Å². The van der Waals surface area contributed by atoms with Crippen LogP contribution in [0.25, 0.3) is 11.7 Å². The van der Waals surface area contributed by atoms with Gasteiger partial charge in [0, 0.05) is 19.2 Å². The summed E-state index contributed by atoms with van der Waals surface area (Å²) in [6.07, 6.45) is -0.162. The van der Waals surface area contributed by atoms with Crippen molar-refractivity contribution < 1.29 is 13.8 Å². The van der Waals surface area contributed by atoms with Gasteiger partial charge < -0.3 is 19.1 Å². The summed E-state index contributed by atoms with van der Waals surface area (Å²) in [5.74, 6) is 1.33. The van der Waals surface area contributed by atoms with Crippen molar-refractivity contribution in [3.63, 3.8) is 0 Å². The standard InChI is InChI=1S/C10H12N4O3/c1-6-4-7(16-13-6)10-12-9(14-17-10)8-5-11-2-3-15-8/h4,8,11H,2-3,5H2,1H3. The lowest BCUT2D eigenvalue weighted by atomic mass is 10.3. The number of morpholine rings is 1. The van der Waals surface area contributed by atoms with Crippen LogP contribution in [0.2, 0.25) is 0 Å². The van der Waals surface area contributed by atoms with E-state index >= 15 is 0 Å². The van der Waals surface area contributed by atoms with E-state index in [0.29, 0.717) is 30.6 Å². The number of nitrogens with zero attached hydrogens (tertiary/aromatic N) is 3. The van der Waals surface area contributed by atoms with Crippen LogP contribution in [-0.4, -0.2) is 35.0 Å². The van der Waals surface area contributed by atoms with Crippen LogP contribution in [0.4, 0.5) is 0 Å². The first kappa shape index (κ1) is 10.4. The van der Waals surface area contributed by atoms with Gasteiger partial charge in [0.1, 0.15) is 6.10 Å². The molecule has 1 aliphatic heterocycles. The van der Waals surface area contributed by atoms with Gasteiger partial charge >= 0.3 is 0 Å². The molecular formula is C10H12N4O3. The van der Waals surface area contributed by atoms with Gasteiger partial charge in [0.2, 0.25) is 11.6 Å². The Hall–Kier alpha value is -1.73. The van der Waals surface area contributed by atoms with Crippen molar-refractivity contribution in [2.24, 2.45) is 0 Å². The maximum absolute atomic E-state index is 5.52. The summed E-state index contributed by atoms with van der Waals surface area (Å²) in [7, 11) is 0. The van der Waals surface area contributed by atoms with Crippen LogP contribution in [-0.2, 0) is 4.74 Å². The summed E-state index contributed by atoms with van der Waals surface area (Å²) in [5, 5.41) is 10.9. The lowest BCUT2D eigenvalue weighted by Crippen LogP contribution is -2.33. The van der Waals surface area contributed by atoms with Gasteiger partial charge in [0.25, 0.3) is 5.89 Å². The van der Waals surface area contributed by atoms with Crippen LogP contribution < -0.4 is 5.32 Å². The average molecular weight is 236 g/mol. The van der Waals surface area contributed by atoms with E-state index in [9.17, 15) is 0 Å². The van der Waals surface area contributed by atoms with Crippen LogP contribution in [0.15, 0.2) is 15.1 Å². The second kappa shape index (κ2) is 4.27. The monoisotopic (exact) mass is 236 g/mol. The fraction of sp³-hybridized carbons (Fsp3) is 0.500. The van der Waals surface area contributed by atoms with Gasteiger partial charge in [-0.3, -0.25) is 0 Å². The molecule has 3 rings (SSSR count). The molecule has 3 heterocycles. The fourth-order valence-electron chi connectivity index (χ4n) is 1.66. The van der Waals surface area contributed by atoms with Crippen LogP contribution >= 0.6 is 0 Å². The van der Waals surface area contributed by atoms with Crippen molar-refractivity contribution >= 4 is 0 Å². The first-order chi connectivity index (χ1) is 8.33. The van der Waals surface area contributed by atoms with Crippen molar-refractivity contribution in [3.8, 4) is 11.7 Å². The largest absolute Gasteiger partial charge is 0.367 e. The van der Waals surface area contributed by atoms with Gasteiger partial charge in [-0.2, -0.15) is 4.98 Å². The molecule has 2 aromatic heterocycles. The molecule has 7 heteroatoms. The molecule has 17 heavy (non-hydrogen) atoms. The van der Waals surface area contributed by atoms with E-state index in [4.69, 9.17) is 13.8 Å². The van der Waals surface area contributed by atoms with Gasteiger partial charge in [-0.1, -0.05) is 10.3 Å². The van der Waals surface area contributed by atoms with Crippen molar-refractivity contribution in [3.05, 3.63) is 17.6 Å². The maximum Gasteiger partial charge on any atom is 0.296 e. The Balaban J connectivity index is 1.82. The highest BCUT2D eigenvalue weighted by atomic mass is 16.5. The Kier molecular flexibility index (Phi) is 2.62. The molecule has 0 radical (unpaired) electrons. The topological polar surface area (TPSA) is 86.2 Å². The van der Waals surface area contributed by atoms with Crippen molar-refractivity contribution in [1.82, 2.24) is 20.6 Å². The fourth-order valence-corrected chi connectivity index (χ4v) is 1.66. The molecule has 90 valence electrons.